The van der Waals surface area contributed by atoms with Crippen LogP contribution in [0.3, 0.4) is 0 Å². The first-order chi connectivity index (χ1) is 6.61. The van der Waals surface area contributed by atoms with Crippen molar-refractivity contribution in [2.45, 2.75) is 20.3 Å². The number of halogens is 1. The van der Waals surface area contributed by atoms with Gasteiger partial charge in [-0.05, 0) is 25.0 Å². The van der Waals surface area contributed by atoms with Crippen LogP contribution in [0.15, 0.2) is 12.1 Å². The minimum absolute atomic E-state index is 0.0909. The lowest BCUT2D eigenvalue weighted by Gasteiger charge is -2.05. The molecule has 0 aliphatic rings. The Morgan fingerprint density at radius 3 is 2.64 bits per heavy atom. The molecule has 0 amide bonds. The number of nitriles is 1. The predicted octanol–water partition coefficient (Wildman–Crippen LogP) is 2.46. The van der Waals surface area contributed by atoms with E-state index in [-0.39, 0.29) is 11.1 Å². The van der Waals surface area contributed by atoms with Crippen LogP contribution in [-0.2, 0) is 6.42 Å². The predicted molar refractivity (Wildman–Crippen MR) is 50.5 cm³/mol. The highest BCUT2D eigenvalue weighted by Crippen LogP contribution is 2.18. The molecule has 0 fully saturated rings. The molecule has 72 valence electrons. The van der Waals surface area contributed by atoms with Crippen LogP contribution >= 0.6 is 0 Å². The monoisotopic (exact) mass is 191 g/mol. The van der Waals surface area contributed by atoms with Gasteiger partial charge in [0.2, 0.25) is 0 Å². The van der Waals surface area contributed by atoms with Crippen LogP contribution in [0.2, 0.25) is 0 Å². The van der Waals surface area contributed by atoms with Crippen LogP contribution in [-0.4, -0.2) is 5.78 Å². The smallest absolute Gasteiger partial charge is 0.164 e. The van der Waals surface area contributed by atoms with Gasteiger partial charge in [0.25, 0.3) is 0 Å². The van der Waals surface area contributed by atoms with Crippen molar-refractivity contribution in [2.75, 3.05) is 0 Å². The zero-order valence-electron chi connectivity index (χ0n) is 8.10. The number of carbonyl (C=O) groups is 1. The molecule has 14 heavy (non-hydrogen) atoms. The van der Waals surface area contributed by atoms with Gasteiger partial charge < -0.3 is 0 Å². The van der Waals surface area contributed by atoms with Crippen LogP contribution in [0.4, 0.5) is 4.39 Å². The molecule has 0 aromatic heterocycles. The van der Waals surface area contributed by atoms with Crippen LogP contribution in [0.25, 0.3) is 0 Å². The number of nitrogens with zero attached hydrogens (tertiary/aromatic N) is 1. The number of carbonyl (C=O) groups excluding carboxylic acids is 1. The first-order valence-electron chi connectivity index (χ1n) is 4.34. The van der Waals surface area contributed by atoms with E-state index < -0.39 is 11.6 Å². The van der Waals surface area contributed by atoms with Crippen molar-refractivity contribution in [3.63, 3.8) is 0 Å². The zero-order valence-corrected chi connectivity index (χ0v) is 8.10. The Hall–Kier alpha value is -1.69. The Morgan fingerprint density at radius 1 is 1.57 bits per heavy atom. The third kappa shape index (κ3) is 1.64. The molecule has 0 spiro atoms. The maximum atomic E-state index is 13.2. The van der Waals surface area contributed by atoms with E-state index in [9.17, 15) is 9.18 Å². The quantitative estimate of drug-likeness (QED) is 0.674. The van der Waals surface area contributed by atoms with Gasteiger partial charge in [-0.1, -0.05) is 13.0 Å². The second kappa shape index (κ2) is 4.01. The Morgan fingerprint density at radius 2 is 2.21 bits per heavy atom. The van der Waals surface area contributed by atoms with E-state index in [4.69, 9.17) is 5.26 Å². The number of Topliss-reactive ketones (excluding diaryl/α,β-unsaturated/α-hetero) is 1. The van der Waals surface area contributed by atoms with Gasteiger partial charge in [-0.3, -0.25) is 4.79 Å². The third-order valence-corrected chi connectivity index (χ3v) is 2.09. The van der Waals surface area contributed by atoms with Crippen LogP contribution < -0.4 is 0 Å². The molecule has 0 N–H and O–H groups in total. The van der Waals surface area contributed by atoms with Gasteiger partial charge in [-0.25, -0.2) is 4.39 Å². The summed E-state index contributed by atoms with van der Waals surface area (Å²) in [5.41, 5.74) is 0.783. The van der Waals surface area contributed by atoms with Crippen molar-refractivity contribution < 1.29 is 9.18 Å². The van der Waals surface area contributed by atoms with Crippen molar-refractivity contribution >= 4 is 5.78 Å². The van der Waals surface area contributed by atoms with E-state index in [0.717, 1.165) is 0 Å². The summed E-state index contributed by atoms with van der Waals surface area (Å²) in [5.74, 6) is -1.03. The molecule has 1 aromatic carbocycles. The Balaban J connectivity index is 3.53. The van der Waals surface area contributed by atoms with Crippen LogP contribution in [0.5, 0.6) is 0 Å². The number of hydrogen-bond acceptors (Lipinski definition) is 2. The molecule has 0 saturated heterocycles. The van der Waals surface area contributed by atoms with E-state index in [1.165, 1.54) is 13.0 Å². The maximum absolute atomic E-state index is 13.2. The molecular formula is C11H10FNO. The van der Waals surface area contributed by atoms with Gasteiger partial charge in [-0.2, -0.15) is 5.26 Å². The SMILES string of the molecule is CCc1ccc(F)c(C(C)=O)c1C#N. The molecule has 2 nitrogen and oxygen atoms in total. The summed E-state index contributed by atoms with van der Waals surface area (Å²) in [5, 5.41) is 8.83. The summed E-state index contributed by atoms with van der Waals surface area (Å²) in [6.45, 7) is 3.12. The summed E-state index contributed by atoms with van der Waals surface area (Å²) in [7, 11) is 0. The fraction of sp³-hybridized carbons (Fsp3) is 0.273. The molecule has 3 heteroatoms. The molecular weight excluding hydrogens is 181 g/mol. The molecule has 0 aliphatic carbocycles. The number of hydrogen-bond donors (Lipinski definition) is 0. The highest BCUT2D eigenvalue weighted by molar-refractivity contribution is 5.97. The highest BCUT2D eigenvalue weighted by Gasteiger charge is 2.15. The second-order valence-corrected chi connectivity index (χ2v) is 2.98. The Kier molecular flexibility index (Phi) is 2.98. The molecule has 0 aliphatic heterocycles. The fourth-order valence-electron chi connectivity index (χ4n) is 1.39. The Bertz CT molecular complexity index is 418. The maximum Gasteiger partial charge on any atom is 0.164 e. The summed E-state index contributed by atoms with van der Waals surface area (Å²) >= 11 is 0. The molecule has 0 saturated carbocycles. The first-order valence-corrected chi connectivity index (χ1v) is 4.34. The van der Waals surface area contributed by atoms with E-state index in [1.807, 2.05) is 13.0 Å². The summed E-state index contributed by atoms with van der Waals surface area (Å²) in [6, 6.07) is 4.65. The molecule has 0 atom stereocenters. The Labute approximate surface area is 82.0 Å². The first kappa shape index (κ1) is 10.4. The number of ketones is 1. The molecule has 0 unspecified atom stereocenters. The van der Waals surface area contributed by atoms with Gasteiger partial charge in [0.15, 0.2) is 5.78 Å². The number of rotatable bonds is 2. The van der Waals surface area contributed by atoms with E-state index >= 15 is 0 Å². The summed E-state index contributed by atoms with van der Waals surface area (Å²) in [6.07, 6.45) is 0.615. The van der Waals surface area contributed by atoms with E-state index in [1.54, 1.807) is 6.07 Å². The molecule has 0 heterocycles. The lowest BCUT2D eigenvalue weighted by Crippen LogP contribution is -2.04. The minimum Gasteiger partial charge on any atom is -0.294 e. The molecule has 1 aromatic rings. The lowest BCUT2D eigenvalue weighted by molar-refractivity contribution is 0.101. The average molecular weight is 191 g/mol. The van der Waals surface area contributed by atoms with E-state index in [2.05, 4.69) is 0 Å². The van der Waals surface area contributed by atoms with Crippen molar-refractivity contribution in [1.82, 2.24) is 0 Å². The molecule has 1 rings (SSSR count). The lowest BCUT2D eigenvalue weighted by atomic mass is 9.97. The molecule has 0 radical (unpaired) electrons. The van der Waals surface area contributed by atoms with Gasteiger partial charge >= 0.3 is 0 Å². The summed E-state index contributed by atoms with van der Waals surface area (Å²) in [4.78, 5) is 11.1. The largest absolute Gasteiger partial charge is 0.294 e. The average Bonchev–Trinajstić information content (AvgIpc) is 2.16. The van der Waals surface area contributed by atoms with Crippen molar-refractivity contribution in [2.24, 2.45) is 0 Å². The van der Waals surface area contributed by atoms with Crippen LogP contribution in [0.1, 0.15) is 35.3 Å². The number of benzene rings is 1. The standard InChI is InChI=1S/C11H10FNO/c1-3-8-4-5-10(12)11(7(2)14)9(8)6-13/h4-5H,3H2,1-2H3. The fourth-order valence-corrected chi connectivity index (χ4v) is 1.39. The highest BCUT2D eigenvalue weighted by atomic mass is 19.1. The normalized spacial score (nSPS) is 9.57. The molecule has 0 bridgehead atoms. The topological polar surface area (TPSA) is 40.9 Å². The summed E-state index contributed by atoms with van der Waals surface area (Å²) < 4.78 is 13.2. The number of aryl methyl sites for hydroxylation is 1. The van der Waals surface area contributed by atoms with Gasteiger partial charge in [0.05, 0.1) is 11.1 Å². The van der Waals surface area contributed by atoms with E-state index in [0.29, 0.717) is 12.0 Å². The van der Waals surface area contributed by atoms with Gasteiger partial charge in [0.1, 0.15) is 11.9 Å². The zero-order chi connectivity index (χ0) is 10.7. The minimum atomic E-state index is -0.619. The second-order valence-electron chi connectivity index (χ2n) is 2.98. The third-order valence-electron chi connectivity index (χ3n) is 2.09. The van der Waals surface area contributed by atoms with Crippen molar-refractivity contribution in [3.8, 4) is 6.07 Å². The van der Waals surface area contributed by atoms with Crippen molar-refractivity contribution in [3.05, 3.63) is 34.6 Å². The van der Waals surface area contributed by atoms with Crippen LogP contribution in [0, 0.1) is 17.1 Å². The van der Waals surface area contributed by atoms with Crippen molar-refractivity contribution in [1.29, 1.82) is 5.26 Å². The van der Waals surface area contributed by atoms with Gasteiger partial charge in [0, 0.05) is 0 Å². The van der Waals surface area contributed by atoms with Gasteiger partial charge in [-0.15, -0.1) is 0 Å².